The molecule has 0 fully saturated rings. The van der Waals surface area contributed by atoms with E-state index >= 15 is 0 Å². The first-order valence-corrected chi connectivity index (χ1v) is 8.12. The zero-order valence-corrected chi connectivity index (χ0v) is 13.9. The lowest BCUT2D eigenvalue weighted by molar-refractivity contribution is 0.550. The van der Waals surface area contributed by atoms with E-state index < -0.39 is 0 Å². The predicted octanol–water partition coefficient (Wildman–Crippen LogP) is 2.62. The van der Waals surface area contributed by atoms with E-state index in [9.17, 15) is 0 Å². The molecule has 2 rings (SSSR count). The minimum atomic E-state index is 0.648. The molecule has 21 heavy (non-hydrogen) atoms. The third-order valence-corrected chi connectivity index (χ3v) is 3.80. The highest BCUT2D eigenvalue weighted by Crippen LogP contribution is 2.13. The molecule has 0 radical (unpaired) electrons. The second kappa shape index (κ2) is 7.47. The molecule has 0 atom stereocenters. The second-order valence-electron chi connectivity index (χ2n) is 5.64. The Bertz CT molecular complexity index is 553. The first-order chi connectivity index (χ1) is 10.1. The Kier molecular flexibility index (Phi) is 5.64. The smallest absolute Gasteiger partial charge is 0.225 e. The van der Waals surface area contributed by atoms with Crippen LogP contribution in [-0.4, -0.2) is 28.5 Å². The summed E-state index contributed by atoms with van der Waals surface area (Å²) < 4.78 is 0. The molecular formula is C15H23N5S. The molecule has 0 aromatic carbocycles. The van der Waals surface area contributed by atoms with E-state index in [-0.39, 0.29) is 0 Å². The Hall–Kier alpha value is -1.53. The summed E-state index contributed by atoms with van der Waals surface area (Å²) >= 11 is 1.61. The summed E-state index contributed by atoms with van der Waals surface area (Å²) in [4.78, 5) is 15.4. The quantitative estimate of drug-likeness (QED) is 0.852. The lowest BCUT2D eigenvalue weighted by atomic mass is 10.2. The fraction of sp³-hybridized carbons (Fsp3) is 0.533. The van der Waals surface area contributed by atoms with Crippen molar-refractivity contribution in [1.82, 2.24) is 20.3 Å². The Balaban J connectivity index is 1.97. The number of aryl methyl sites for hydroxylation is 1. The number of hydrogen-bond donors (Lipinski definition) is 1. The molecule has 0 amide bonds. The highest BCUT2D eigenvalue weighted by Gasteiger charge is 2.09. The number of nitrogens with zero attached hydrogens (tertiary/aromatic N) is 4. The van der Waals surface area contributed by atoms with Gasteiger partial charge < -0.3 is 10.2 Å². The van der Waals surface area contributed by atoms with Crippen LogP contribution in [0.25, 0.3) is 0 Å². The van der Waals surface area contributed by atoms with Crippen LogP contribution in [0.5, 0.6) is 0 Å². The topological polar surface area (TPSA) is 53.9 Å². The summed E-state index contributed by atoms with van der Waals surface area (Å²) in [6.45, 7) is 8.99. The SMILES string of the molecule is Cc1nc(N(C)Cc2cscn2)ncc1CNCC(C)C. The highest BCUT2D eigenvalue weighted by atomic mass is 32.1. The van der Waals surface area contributed by atoms with Crippen LogP contribution in [0.3, 0.4) is 0 Å². The van der Waals surface area contributed by atoms with E-state index in [0.29, 0.717) is 5.92 Å². The molecule has 114 valence electrons. The molecule has 2 aromatic rings. The van der Waals surface area contributed by atoms with E-state index in [4.69, 9.17) is 0 Å². The Morgan fingerprint density at radius 3 is 2.76 bits per heavy atom. The molecule has 0 aliphatic heterocycles. The third kappa shape index (κ3) is 4.75. The van der Waals surface area contributed by atoms with Crippen molar-refractivity contribution in [2.75, 3.05) is 18.5 Å². The van der Waals surface area contributed by atoms with E-state index in [0.717, 1.165) is 42.5 Å². The predicted molar refractivity (Wildman–Crippen MR) is 87.5 cm³/mol. The molecule has 2 heterocycles. The molecule has 0 unspecified atom stereocenters. The Morgan fingerprint density at radius 1 is 1.33 bits per heavy atom. The monoisotopic (exact) mass is 305 g/mol. The van der Waals surface area contributed by atoms with E-state index in [1.165, 1.54) is 0 Å². The van der Waals surface area contributed by atoms with Gasteiger partial charge in [0.1, 0.15) is 0 Å². The first kappa shape index (κ1) is 15.9. The van der Waals surface area contributed by atoms with Crippen molar-refractivity contribution in [3.05, 3.63) is 34.0 Å². The fourth-order valence-electron chi connectivity index (χ4n) is 1.96. The molecule has 1 N–H and O–H groups in total. The average molecular weight is 305 g/mol. The molecular weight excluding hydrogens is 282 g/mol. The number of nitrogens with one attached hydrogen (secondary N) is 1. The maximum Gasteiger partial charge on any atom is 0.225 e. The largest absolute Gasteiger partial charge is 0.338 e. The van der Waals surface area contributed by atoms with Crippen molar-refractivity contribution in [2.45, 2.75) is 33.9 Å². The van der Waals surface area contributed by atoms with Gasteiger partial charge in [-0.15, -0.1) is 11.3 Å². The standard InChI is InChI=1S/C15H23N5S/c1-11(2)5-16-6-13-7-17-15(19-12(13)3)20(4)8-14-9-21-10-18-14/h7,9-11,16H,5-6,8H2,1-4H3. The molecule has 0 spiro atoms. The number of hydrogen-bond acceptors (Lipinski definition) is 6. The molecule has 0 bridgehead atoms. The normalized spacial score (nSPS) is 11.1. The van der Waals surface area contributed by atoms with Gasteiger partial charge in [0.15, 0.2) is 0 Å². The minimum Gasteiger partial charge on any atom is -0.338 e. The Morgan fingerprint density at radius 2 is 2.14 bits per heavy atom. The van der Waals surface area contributed by atoms with Crippen molar-refractivity contribution < 1.29 is 0 Å². The lowest BCUT2D eigenvalue weighted by Gasteiger charge is -2.17. The van der Waals surface area contributed by atoms with Crippen molar-refractivity contribution in [1.29, 1.82) is 0 Å². The van der Waals surface area contributed by atoms with Crippen LogP contribution in [0.4, 0.5) is 5.95 Å². The first-order valence-electron chi connectivity index (χ1n) is 7.17. The summed E-state index contributed by atoms with van der Waals surface area (Å²) in [5.41, 5.74) is 5.08. The molecule has 0 aliphatic carbocycles. The van der Waals surface area contributed by atoms with Gasteiger partial charge in [-0.25, -0.2) is 15.0 Å². The van der Waals surface area contributed by atoms with Gasteiger partial charge in [-0.05, 0) is 19.4 Å². The summed E-state index contributed by atoms with van der Waals surface area (Å²) in [5, 5.41) is 5.47. The summed E-state index contributed by atoms with van der Waals surface area (Å²) in [7, 11) is 1.99. The summed E-state index contributed by atoms with van der Waals surface area (Å²) in [5.74, 6) is 1.39. The lowest BCUT2D eigenvalue weighted by Crippen LogP contribution is -2.22. The van der Waals surface area contributed by atoms with Crippen molar-refractivity contribution in [3.63, 3.8) is 0 Å². The highest BCUT2D eigenvalue weighted by molar-refractivity contribution is 7.07. The van der Waals surface area contributed by atoms with Crippen LogP contribution in [0, 0.1) is 12.8 Å². The van der Waals surface area contributed by atoms with Crippen LogP contribution in [0.15, 0.2) is 17.1 Å². The van der Waals surface area contributed by atoms with Crippen LogP contribution in [0.2, 0.25) is 0 Å². The third-order valence-electron chi connectivity index (χ3n) is 3.16. The van der Waals surface area contributed by atoms with Crippen LogP contribution >= 0.6 is 11.3 Å². The van der Waals surface area contributed by atoms with E-state index in [2.05, 4.69) is 34.1 Å². The molecule has 0 saturated heterocycles. The van der Waals surface area contributed by atoms with Gasteiger partial charge in [-0.2, -0.15) is 0 Å². The van der Waals surface area contributed by atoms with Gasteiger partial charge in [0.25, 0.3) is 0 Å². The maximum atomic E-state index is 4.60. The second-order valence-corrected chi connectivity index (χ2v) is 6.36. The summed E-state index contributed by atoms with van der Waals surface area (Å²) in [6.07, 6.45) is 1.92. The van der Waals surface area contributed by atoms with Crippen molar-refractivity contribution >= 4 is 17.3 Å². The Labute approximate surface area is 130 Å². The van der Waals surface area contributed by atoms with Gasteiger partial charge in [0.2, 0.25) is 5.95 Å². The van der Waals surface area contributed by atoms with Gasteiger partial charge in [-0.3, -0.25) is 0 Å². The van der Waals surface area contributed by atoms with Gasteiger partial charge in [0, 0.05) is 36.4 Å². The molecule has 0 saturated carbocycles. The molecule has 6 heteroatoms. The number of aromatic nitrogens is 3. The zero-order chi connectivity index (χ0) is 15.2. The van der Waals surface area contributed by atoms with E-state index in [1.807, 2.05) is 36.0 Å². The van der Waals surface area contributed by atoms with Crippen LogP contribution in [0.1, 0.15) is 30.8 Å². The fourth-order valence-corrected chi connectivity index (χ4v) is 2.51. The number of rotatable bonds is 7. The number of anilines is 1. The zero-order valence-electron chi connectivity index (χ0n) is 13.1. The average Bonchev–Trinajstić information content (AvgIpc) is 2.93. The minimum absolute atomic E-state index is 0.648. The molecule has 5 nitrogen and oxygen atoms in total. The summed E-state index contributed by atoms with van der Waals surface area (Å²) in [6, 6.07) is 0. The van der Waals surface area contributed by atoms with Gasteiger partial charge in [0.05, 0.1) is 17.7 Å². The van der Waals surface area contributed by atoms with Crippen LogP contribution in [-0.2, 0) is 13.1 Å². The molecule has 0 aliphatic rings. The van der Waals surface area contributed by atoms with Crippen molar-refractivity contribution in [2.24, 2.45) is 5.92 Å². The van der Waals surface area contributed by atoms with E-state index in [1.54, 1.807) is 11.3 Å². The van der Waals surface area contributed by atoms with Crippen LogP contribution < -0.4 is 10.2 Å². The maximum absolute atomic E-state index is 4.60. The van der Waals surface area contributed by atoms with Gasteiger partial charge in [-0.1, -0.05) is 13.8 Å². The van der Waals surface area contributed by atoms with Crippen molar-refractivity contribution in [3.8, 4) is 0 Å². The molecule has 2 aromatic heterocycles. The van der Waals surface area contributed by atoms with Gasteiger partial charge >= 0.3 is 0 Å². The number of thiazole rings is 1.